The lowest BCUT2D eigenvalue weighted by Gasteiger charge is -2.26. The van der Waals surface area contributed by atoms with Crippen molar-refractivity contribution in [1.29, 1.82) is 0 Å². The molecule has 0 saturated heterocycles. The molecule has 3 nitrogen and oxygen atoms in total. The molecule has 1 aromatic rings. The van der Waals surface area contributed by atoms with Crippen LogP contribution in [0.3, 0.4) is 0 Å². The van der Waals surface area contributed by atoms with E-state index in [4.69, 9.17) is 9.47 Å². The van der Waals surface area contributed by atoms with Crippen LogP contribution in [0.1, 0.15) is 46.1 Å². The normalized spacial score (nSPS) is 14.5. The number of aliphatic hydroxyl groups excluding tert-OH is 1. The summed E-state index contributed by atoms with van der Waals surface area (Å²) in [6.45, 7) is 9.09. The summed E-state index contributed by atoms with van der Waals surface area (Å²) in [5.74, 6) is 1.82. The fourth-order valence-corrected chi connectivity index (χ4v) is 2.36. The molecule has 2 atom stereocenters. The second-order valence-corrected chi connectivity index (χ2v) is 6.52. The Bertz CT molecular complexity index is 384. The maximum atomic E-state index is 10.3. The third-order valence-corrected chi connectivity index (χ3v) is 3.47. The minimum absolute atomic E-state index is 0.102. The number of benzene rings is 1. The summed E-state index contributed by atoms with van der Waals surface area (Å²) in [5.41, 5.74) is 1.10. The average molecular weight is 294 g/mol. The van der Waals surface area contributed by atoms with Crippen molar-refractivity contribution in [3.63, 3.8) is 0 Å². The Morgan fingerprint density at radius 2 is 1.52 bits per heavy atom. The molecule has 0 aliphatic heterocycles. The molecule has 0 radical (unpaired) electrons. The molecular formula is C18H30O3. The minimum atomic E-state index is -0.398. The van der Waals surface area contributed by atoms with Crippen LogP contribution in [0, 0.1) is 11.8 Å². The lowest BCUT2D eigenvalue weighted by molar-refractivity contribution is -0.0619. The van der Waals surface area contributed by atoms with Crippen molar-refractivity contribution < 1.29 is 14.6 Å². The molecule has 0 bridgehead atoms. The Hall–Kier alpha value is -1.06. The van der Waals surface area contributed by atoms with E-state index in [9.17, 15) is 5.11 Å². The molecule has 0 fully saturated rings. The molecule has 0 saturated carbocycles. The minimum Gasteiger partial charge on any atom is -0.497 e. The molecule has 0 amide bonds. The van der Waals surface area contributed by atoms with E-state index in [0.29, 0.717) is 18.4 Å². The van der Waals surface area contributed by atoms with E-state index in [0.717, 1.165) is 24.2 Å². The molecule has 120 valence electrons. The van der Waals surface area contributed by atoms with Gasteiger partial charge in [-0.25, -0.2) is 0 Å². The van der Waals surface area contributed by atoms with Crippen LogP contribution in [0.5, 0.6) is 5.75 Å². The first-order chi connectivity index (χ1) is 9.92. The zero-order valence-corrected chi connectivity index (χ0v) is 14.0. The summed E-state index contributed by atoms with van der Waals surface area (Å²) in [5, 5.41) is 10.3. The van der Waals surface area contributed by atoms with Crippen LogP contribution in [0.25, 0.3) is 0 Å². The highest BCUT2D eigenvalue weighted by Gasteiger charge is 2.22. The molecule has 0 aromatic heterocycles. The highest BCUT2D eigenvalue weighted by Crippen LogP contribution is 2.20. The van der Waals surface area contributed by atoms with Gasteiger partial charge < -0.3 is 14.6 Å². The van der Waals surface area contributed by atoms with Crippen LogP contribution in [-0.2, 0) is 11.3 Å². The Morgan fingerprint density at radius 1 is 0.952 bits per heavy atom. The molecule has 0 spiro atoms. The average Bonchev–Trinajstić information content (AvgIpc) is 2.42. The third kappa shape index (κ3) is 6.96. The zero-order chi connectivity index (χ0) is 15.8. The first-order valence-corrected chi connectivity index (χ1v) is 7.85. The van der Waals surface area contributed by atoms with Gasteiger partial charge in [-0.3, -0.25) is 0 Å². The van der Waals surface area contributed by atoms with Gasteiger partial charge in [0.25, 0.3) is 0 Å². The first-order valence-electron chi connectivity index (χ1n) is 7.85. The van der Waals surface area contributed by atoms with Crippen molar-refractivity contribution in [2.24, 2.45) is 11.8 Å². The monoisotopic (exact) mass is 294 g/mol. The van der Waals surface area contributed by atoms with E-state index in [1.54, 1.807) is 7.11 Å². The van der Waals surface area contributed by atoms with Gasteiger partial charge in [-0.1, -0.05) is 39.8 Å². The SMILES string of the molecule is COc1ccc(CO[C@H](CC(C)C)[C@H](O)CC(C)C)cc1. The number of rotatable bonds is 9. The van der Waals surface area contributed by atoms with E-state index >= 15 is 0 Å². The van der Waals surface area contributed by atoms with Crippen LogP contribution < -0.4 is 4.74 Å². The fourth-order valence-electron chi connectivity index (χ4n) is 2.36. The van der Waals surface area contributed by atoms with Crippen LogP contribution in [0.2, 0.25) is 0 Å². The zero-order valence-electron chi connectivity index (χ0n) is 14.0. The topological polar surface area (TPSA) is 38.7 Å². The Morgan fingerprint density at radius 3 is 2.00 bits per heavy atom. The van der Waals surface area contributed by atoms with Crippen LogP contribution >= 0.6 is 0 Å². The summed E-state index contributed by atoms with van der Waals surface area (Å²) >= 11 is 0. The summed E-state index contributed by atoms with van der Waals surface area (Å²) in [7, 11) is 1.66. The summed E-state index contributed by atoms with van der Waals surface area (Å²) in [6, 6.07) is 7.86. The van der Waals surface area contributed by atoms with Gasteiger partial charge in [0.1, 0.15) is 5.75 Å². The standard InChI is InChI=1S/C18H30O3/c1-13(2)10-17(19)18(11-14(3)4)21-12-15-6-8-16(20-5)9-7-15/h6-9,13-14,17-19H,10-12H2,1-5H3/t17-,18-/m1/s1. The molecule has 0 aliphatic carbocycles. The van der Waals surface area contributed by atoms with Gasteiger partial charge in [-0.05, 0) is 42.4 Å². The molecule has 1 N–H and O–H groups in total. The van der Waals surface area contributed by atoms with E-state index in [-0.39, 0.29) is 6.10 Å². The molecule has 0 aliphatic rings. The van der Waals surface area contributed by atoms with Gasteiger partial charge in [0.2, 0.25) is 0 Å². The van der Waals surface area contributed by atoms with Gasteiger partial charge in [0.05, 0.1) is 25.9 Å². The van der Waals surface area contributed by atoms with Gasteiger partial charge in [-0.2, -0.15) is 0 Å². The molecule has 3 heteroatoms. The Labute approximate surface area is 129 Å². The summed E-state index contributed by atoms with van der Waals surface area (Å²) < 4.78 is 11.1. The van der Waals surface area contributed by atoms with Crippen molar-refractivity contribution in [2.75, 3.05) is 7.11 Å². The predicted molar refractivity (Wildman–Crippen MR) is 86.5 cm³/mol. The molecule has 0 heterocycles. The lowest BCUT2D eigenvalue weighted by atomic mass is 9.95. The van der Waals surface area contributed by atoms with Crippen LogP contribution in [0.4, 0.5) is 0 Å². The quantitative estimate of drug-likeness (QED) is 0.747. The first kappa shape index (κ1) is 18.0. The van der Waals surface area contributed by atoms with Gasteiger partial charge in [-0.15, -0.1) is 0 Å². The second-order valence-electron chi connectivity index (χ2n) is 6.52. The maximum Gasteiger partial charge on any atom is 0.118 e. The highest BCUT2D eigenvalue weighted by molar-refractivity contribution is 5.26. The van der Waals surface area contributed by atoms with E-state index < -0.39 is 6.10 Å². The van der Waals surface area contributed by atoms with E-state index in [2.05, 4.69) is 27.7 Å². The largest absolute Gasteiger partial charge is 0.497 e. The molecule has 1 rings (SSSR count). The number of hydrogen-bond donors (Lipinski definition) is 1. The van der Waals surface area contributed by atoms with Crippen LogP contribution in [0.15, 0.2) is 24.3 Å². The maximum absolute atomic E-state index is 10.3. The van der Waals surface area contributed by atoms with Gasteiger partial charge in [0.15, 0.2) is 0 Å². The van der Waals surface area contributed by atoms with Crippen molar-refractivity contribution in [3.8, 4) is 5.75 Å². The highest BCUT2D eigenvalue weighted by atomic mass is 16.5. The van der Waals surface area contributed by atoms with Crippen molar-refractivity contribution in [1.82, 2.24) is 0 Å². The summed E-state index contributed by atoms with van der Waals surface area (Å²) in [4.78, 5) is 0. The number of methoxy groups -OCH3 is 1. The number of ether oxygens (including phenoxy) is 2. The van der Waals surface area contributed by atoms with Gasteiger partial charge >= 0.3 is 0 Å². The number of aliphatic hydroxyl groups is 1. The lowest BCUT2D eigenvalue weighted by Crippen LogP contribution is -2.31. The molecule has 0 unspecified atom stereocenters. The predicted octanol–water partition coefficient (Wildman–Crippen LogP) is 4.03. The van der Waals surface area contributed by atoms with Crippen molar-refractivity contribution >= 4 is 0 Å². The van der Waals surface area contributed by atoms with Crippen LogP contribution in [-0.4, -0.2) is 24.4 Å². The summed E-state index contributed by atoms with van der Waals surface area (Å²) in [6.07, 6.45) is 1.16. The van der Waals surface area contributed by atoms with E-state index in [1.165, 1.54) is 0 Å². The third-order valence-electron chi connectivity index (χ3n) is 3.47. The Kier molecular flexibility index (Phi) is 7.76. The molecular weight excluding hydrogens is 264 g/mol. The molecule has 21 heavy (non-hydrogen) atoms. The fraction of sp³-hybridized carbons (Fsp3) is 0.667. The second kappa shape index (κ2) is 9.06. The van der Waals surface area contributed by atoms with Crippen molar-refractivity contribution in [2.45, 2.75) is 59.4 Å². The smallest absolute Gasteiger partial charge is 0.118 e. The van der Waals surface area contributed by atoms with Crippen molar-refractivity contribution in [3.05, 3.63) is 29.8 Å². The Balaban J connectivity index is 2.58. The van der Waals surface area contributed by atoms with Gasteiger partial charge in [0, 0.05) is 0 Å². The number of hydrogen-bond acceptors (Lipinski definition) is 3. The molecule has 1 aromatic carbocycles. The van der Waals surface area contributed by atoms with E-state index in [1.807, 2.05) is 24.3 Å².